The minimum atomic E-state index is 0.195. The molecule has 1 aliphatic carbocycles. The number of hydrogen-bond donors (Lipinski definition) is 1. The van der Waals surface area contributed by atoms with Crippen LogP contribution in [0.4, 0.5) is 0 Å². The summed E-state index contributed by atoms with van der Waals surface area (Å²) in [6.07, 6.45) is 4.43. The minimum Gasteiger partial charge on any atom is -0.350 e. The number of nitrogens with one attached hydrogen (secondary N) is 1. The van der Waals surface area contributed by atoms with Crippen molar-refractivity contribution in [2.24, 2.45) is 13.0 Å². The number of nitrogens with zero attached hydrogens (tertiary/aromatic N) is 5. The molecule has 0 saturated heterocycles. The highest BCUT2D eigenvalue weighted by atomic mass is 16.1. The molecule has 2 aliphatic rings. The maximum Gasteiger partial charge on any atom is 0.223 e. The van der Waals surface area contributed by atoms with Gasteiger partial charge in [-0.1, -0.05) is 12.8 Å². The number of fused-ring (bicyclic) bond motifs is 1. The van der Waals surface area contributed by atoms with Crippen LogP contribution in [0.1, 0.15) is 54.3 Å². The van der Waals surface area contributed by atoms with Gasteiger partial charge < -0.3 is 9.88 Å². The Labute approximate surface area is 160 Å². The molecule has 0 bridgehead atoms. The first kappa shape index (κ1) is 18.2. The van der Waals surface area contributed by atoms with Crippen LogP contribution in [0.15, 0.2) is 6.07 Å². The first-order valence-electron chi connectivity index (χ1n) is 10.1. The van der Waals surface area contributed by atoms with Crippen molar-refractivity contribution in [3.63, 3.8) is 0 Å². The van der Waals surface area contributed by atoms with Gasteiger partial charge in [0.1, 0.15) is 5.82 Å². The molecule has 0 radical (unpaired) electrons. The van der Waals surface area contributed by atoms with E-state index >= 15 is 0 Å². The number of carbonyl (C=O) groups excluding carboxylic acids is 1. The summed E-state index contributed by atoms with van der Waals surface area (Å²) in [5.74, 6) is 1.52. The van der Waals surface area contributed by atoms with Crippen LogP contribution in [0.2, 0.25) is 0 Å². The van der Waals surface area contributed by atoms with Crippen LogP contribution >= 0.6 is 0 Å². The molecule has 4 rings (SSSR count). The fourth-order valence-corrected chi connectivity index (χ4v) is 4.24. The monoisotopic (exact) mass is 370 g/mol. The predicted molar refractivity (Wildman–Crippen MR) is 103 cm³/mol. The van der Waals surface area contributed by atoms with Crippen molar-refractivity contribution in [3.8, 4) is 0 Å². The van der Waals surface area contributed by atoms with Crippen LogP contribution in [0.3, 0.4) is 0 Å². The highest BCUT2D eigenvalue weighted by Crippen LogP contribution is 2.24. The van der Waals surface area contributed by atoms with E-state index in [-0.39, 0.29) is 11.8 Å². The second-order valence-corrected chi connectivity index (χ2v) is 8.02. The van der Waals surface area contributed by atoms with Gasteiger partial charge in [0.2, 0.25) is 5.91 Å². The molecule has 1 saturated carbocycles. The molecule has 1 amide bonds. The Balaban J connectivity index is 1.35. The quantitative estimate of drug-likeness (QED) is 0.875. The average molecular weight is 371 g/mol. The molecule has 1 aliphatic heterocycles. The normalized spacial score (nSPS) is 18.0. The van der Waals surface area contributed by atoms with Gasteiger partial charge in [0.05, 0.1) is 36.7 Å². The Kier molecular flexibility index (Phi) is 5.04. The molecule has 0 unspecified atom stereocenters. The van der Waals surface area contributed by atoms with Gasteiger partial charge in [0, 0.05) is 31.7 Å². The Bertz CT molecular complexity index is 830. The second-order valence-electron chi connectivity index (χ2n) is 8.02. The van der Waals surface area contributed by atoms with Gasteiger partial charge in [0.15, 0.2) is 0 Å². The Morgan fingerprint density at radius 3 is 2.74 bits per heavy atom. The third-order valence-corrected chi connectivity index (χ3v) is 6.17. The van der Waals surface area contributed by atoms with Crippen molar-refractivity contribution in [3.05, 3.63) is 34.7 Å². The summed E-state index contributed by atoms with van der Waals surface area (Å²) in [6.45, 7) is 8.28. The zero-order chi connectivity index (χ0) is 19.0. The lowest BCUT2D eigenvalue weighted by Crippen LogP contribution is -2.34. The standard InChI is InChI=1S/C20H30N6O/c1-14-15(2)24(3)19(22-14)13-25-8-9-26-18(12-25)10-17(23-26)11-21-20(27)16-6-4-5-7-16/h10,16H,4-9,11-13H2,1-3H3,(H,21,27). The van der Waals surface area contributed by atoms with Crippen molar-refractivity contribution < 1.29 is 4.79 Å². The van der Waals surface area contributed by atoms with Crippen molar-refractivity contribution in [1.82, 2.24) is 29.5 Å². The number of hydrogen-bond acceptors (Lipinski definition) is 4. The molecule has 1 fully saturated rings. The van der Waals surface area contributed by atoms with Crippen LogP contribution in [0.25, 0.3) is 0 Å². The van der Waals surface area contributed by atoms with E-state index in [4.69, 9.17) is 4.98 Å². The second kappa shape index (κ2) is 7.46. The molecule has 3 heterocycles. The summed E-state index contributed by atoms with van der Waals surface area (Å²) >= 11 is 0. The zero-order valence-electron chi connectivity index (χ0n) is 16.7. The Morgan fingerprint density at radius 1 is 1.26 bits per heavy atom. The number of amides is 1. The molecule has 1 N–H and O–H groups in total. The van der Waals surface area contributed by atoms with Gasteiger partial charge >= 0.3 is 0 Å². The summed E-state index contributed by atoms with van der Waals surface area (Å²) in [5, 5.41) is 7.76. The zero-order valence-corrected chi connectivity index (χ0v) is 16.7. The first-order chi connectivity index (χ1) is 13.0. The predicted octanol–water partition coefficient (Wildman–Crippen LogP) is 2.06. The fourth-order valence-electron chi connectivity index (χ4n) is 4.24. The lowest BCUT2D eigenvalue weighted by Gasteiger charge is -2.27. The number of aryl methyl sites for hydroxylation is 1. The van der Waals surface area contributed by atoms with E-state index in [1.165, 1.54) is 24.2 Å². The van der Waals surface area contributed by atoms with Crippen LogP contribution in [-0.2, 0) is 38.0 Å². The summed E-state index contributed by atoms with van der Waals surface area (Å²) in [6, 6.07) is 2.13. The smallest absolute Gasteiger partial charge is 0.223 e. The van der Waals surface area contributed by atoms with Crippen LogP contribution < -0.4 is 5.32 Å². The molecule has 0 aromatic carbocycles. The molecule has 0 spiro atoms. The highest BCUT2D eigenvalue weighted by molar-refractivity contribution is 5.78. The molecular formula is C20H30N6O. The van der Waals surface area contributed by atoms with Crippen LogP contribution in [0.5, 0.6) is 0 Å². The van der Waals surface area contributed by atoms with E-state index in [1.807, 2.05) is 0 Å². The van der Waals surface area contributed by atoms with E-state index in [0.717, 1.165) is 56.2 Å². The van der Waals surface area contributed by atoms with Crippen molar-refractivity contribution in [1.29, 1.82) is 0 Å². The Hall–Kier alpha value is -2.15. The lowest BCUT2D eigenvalue weighted by atomic mass is 10.1. The minimum absolute atomic E-state index is 0.195. The fraction of sp³-hybridized carbons (Fsp3) is 0.650. The van der Waals surface area contributed by atoms with Crippen molar-refractivity contribution >= 4 is 5.91 Å². The van der Waals surface area contributed by atoms with Crippen LogP contribution in [0, 0.1) is 19.8 Å². The van der Waals surface area contributed by atoms with Gasteiger partial charge in [-0.3, -0.25) is 14.4 Å². The lowest BCUT2D eigenvalue weighted by molar-refractivity contribution is -0.124. The Morgan fingerprint density at radius 2 is 2.04 bits per heavy atom. The molecule has 146 valence electrons. The summed E-state index contributed by atoms with van der Waals surface area (Å²) in [4.78, 5) is 19.3. The van der Waals surface area contributed by atoms with E-state index in [0.29, 0.717) is 6.54 Å². The van der Waals surface area contributed by atoms with Gasteiger partial charge in [0.25, 0.3) is 0 Å². The number of carbonyl (C=O) groups is 1. The molecular weight excluding hydrogens is 340 g/mol. The van der Waals surface area contributed by atoms with E-state index < -0.39 is 0 Å². The molecule has 7 heteroatoms. The highest BCUT2D eigenvalue weighted by Gasteiger charge is 2.23. The van der Waals surface area contributed by atoms with Crippen molar-refractivity contribution in [2.45, 2.75) is 65.7 Å². The summed E-state index contributed by atoms with van der Waals surface area (Å²) in [7, 11) is 2.09. The van der Waals surface area contributed by atoms with Crippen LogP contribution in [-0.4, -0.2) is 36.7 Å². The van der Waals surface area contributed by atoms with E-state index in [2.05, 4.69) is 51.5 Å². The van der Waals surface area contributed by atoms with Gasteiger partial charge in [-0.2, -0.15) is 5.10 Å². The number of rotatable bonds is 5. The number of aromatic nitrogens is 4. The van der Waals surface area contributed by atoms with E-state index in [1.54, 1.807) is 0 Å². The molecule has 7 nitrogen and oxygen atoms in total. The molecule has 2 aromatic rings. The molecule has 27 heavy (non-hydrogen) atoms. The third kappa shape index (κ3) is 3.78. The van der Waals surface area contributed by atoms with Gasteiger partial charge in [-0.05, 0) is 32.8 Å². The summed E-state index contributed by atoms with van der Waals surface area (Å²) < 4.78 is 4.27. The molecule has 2 aromatic heterocycles. The largest absolute Gasteiger partial charge is 0.350 e. The number of imidazole rings is 1. The summed E-state index contributed by atoms with van der Waals surface area (Å²) in [5.41, 5.74) is 4.51. The first-order valence-corrected chi connectivity index (χ1v) is 10.1. The third-order valence-electron chi connectivity index (χ3n) is 6.17. The SMILES string of the molecule is Cc1nc(CN2CCn3nc(CNC(=O)C4CCCC4)cc3C2)n(C)c1C. The van der Waals surface area contributed by atoms with Gasteiger partial charge in [-0.15, -0.1) is 0 Å². The van der Waals surface area contributed by atoms with Crippen molar-refractivity contribution in [2.75, 3.05) is 6.54 Å². The van der Waals surface area contributed by atoms with Gasteiger partial charge in [-0.25, -0.2) is 4.98 Å². The molecule has 0 atom stereocenters. The average Bonchev–Trinajstić information content (AvgIpc) is 3.37. The maximum atomic E-state index is 12.2. The maximum absolute atomic E-state index is 12.2. The van der Waals surface area contributed by atoms with E-state index in [9.17, 15) is 4.79 Å². The topological polar surface area (TPSA) is 68.0 Å².